The van der Waals surface area contributed by atoms with E-state index in [1.165, 1.54) is 27.8 Å². The number of aromatic nitrogens is 3. The molecule has 2 aromatic heterocycles. The summed E-state index contributed by atoms with van der Waals surface area (Å²) in [5.74, 6) is -0.235. The molecule has 10 heteroatoms. The molecule has 0 N–H and O–H groups in total. The van der Waals surface area contributed by atoms with Crippen molar-refractivity contribution in [3.8, 4) is 0 Å². The van der Waals surface area contributed by atoms with Gasteiger partial charge in [0.2, 0.25) is 10.0 Å². The number of anilines is 1. The highest BCUT2D eigenvalue weighted by Crippen LogP contribution is 2.31. The zero-order valence-corrected chi connectivity index (χ0v) is 19.7. The fraction of sp³-hybridized carbons (Fsp3) is 0.261. The second kappa shape index (κ2) is 8.69. The molecule has 33 heavy (non-hydrogen) atoms. The van der Waals surface area contributed by atoms with Gasteiger partial charge in [-0.15, -0.1) is 0 Å². The number of rotatable bonds is 8. The van der Waals surface area contributed by atoms with Crippen LogP contribution in [0.2, 0.25) is 0 Å². The molecule has 0 saturated heterocycles. The maximum absolute atomic E-state index is 13.5. The number of hydrogen-bond acceptors (Lipinski definition) is 6. The summed E-state index contributed by atoms with van der Waals surface area (Å²) in [6, 6.07) is 15.8. The number of para-hydroxylation sites is 1. The van der Waals surface area contributed by atoms with Crippen LogP contribution in [0.15, 0.2) is 71.9 Å². The van der Waals surface area contributed by atoms with Gasteiger partial charge in [-0.05, 0) is 55.3 Å². The number of hydrogen-bond donors (Lipinski definition) is 0. The summed E-state index contributed by atoms with van der Waals surface area (Å²) in [6.45, 7) is 0.887. The highest BCUT2D eigenvalue weighted by Gasteiger charge is 2.35. The fourth-order valence-electron chi connectivity index (χ4n) is 3.62. The van der Waals surface area contributed by atoms with E-state index < -0.39 is 10.0 Å². The van der Waals surface area contributed by atoms with Gasteiger partial charge in [0.15, 0.2) is 5.13 Å². The Balaban J connectivity index is 1.43. The first kappa shape index (κ1) is 21.7. The molecule has 1 aliphatic carbocycles. The number of benzene rings is 2. The average Bonchev–Trinajstić information content (AvgIpc) is 3.37. The van der Waals surface area contributed by atoms with Crippen LogP contribution in [-0.2, 0) is 16.6 Å². The van der Waals surface area contributed by atoms with Gasteiger partial charge in [-0.3, -0.25) is 14.4 Å². The Kier molecular flexibility index (Phi) is 5.73. The third-order valence-corrected chi connectivity index (χ3v) is 8.69. The lowest BCUT2D eigenvalue weighted by molar-refractivity contribution is 0.0985. The molecular weight excluding hydrogens is 458 g/mol. The van der Waals surface area contributed by atoms with Gasteiger partial charge >= 0.3 is 0 Å². The fourth-order valence-corrected chi connectivity index (χ4v) is 6.03. The summed E-state index contributed by atoms with van der Waals surface area (Å²) in [7, 11) is -1.95. The van der Waals surface area contributed by atoms with Crippen molar-refractivity contribution in [1.82, 2.24) is 19.1 Å². The summed E-state index contributed by atoms with van der Waals surface area (Å²) in [5, 5.41) is 4.82. The number of thiazole rings is 1. The quantitative estimate of drug-likeness (QED) is 0.384. The zero-order chi connectivity index (χ0) is 23.0. The first-order valence-electron chi connectivity index (χ1n) is 10.7. The Morgan fingerprint density at radius 2 is 1.88 bits per heavy atom. The van der Waals surface area contributed by atoms with Gasteiger partial charge in [-0.1, -0.05) is 23.5 Å². The van der Waals surface area contributed by atoms with E-state index in [2.05, 4.69) is 10.1 Å². The Morgan fingerprint density at radius 3 is 2.55 bits per heavy atom. The van der Waals surface area contributed by atoms with Gasteiger partial charge in [0.1, 0.15) is 0 Å². The number of nitrogens with zero attached hydrogens (tertiary/aromatic N) is 5. The van der Waals surface area contributed by atoms with Crippen LogP contribution in [0.25, 0.3) is 10.2 Å². The monoisotopic (exact) mass is 481 g/mol. The first-order chi connectivity index (χ1) is 15.9. The van der Waals surface area contributed by atoms with E-state index in [4.69, 9.17) is 0 Å². The Morgan fingerprint density at radius 1 is 1.12 bits per heavy atom. The molecule has 0 aliphatic heterocycles. The lowest BCUT2D eigenvalue weighted by Crippen LogP contribution is -2.34. The van der Waals surface area contributed by atoms with Crippen molar-refractivity contribution in [2.45, 2.75) is 30.3 Å². The van der Waals surface area contributed by atoms with E-state index in [0.29, 0.717) is 23.8 Å². The van der Waals surface area contributed by atoms with Crippen LogP contribution >= 0.6 is 11.3 Å². The molecule has 1 amide bonds. The van der Waals surface area contributed by atoms with E-state index in [1.54, 1.807) is 35.0 Å². The minimum atomic E-state index is -3.56. The SMILES string of the molecule is CN(C1CC1)S(=O)(=O)c1ccc(C(=O)N(CCn2cccn2)c2nc3ccccc3s2)cc1. The molecule has 0 bridgehead atoms. The van der Waals surface area contributed by atoms with Crippen molar-refractivity contribution >= 4 is 42.6 Å². The molecule has 2 heterocycles. The summed E-state index contributed by atoms with van der Waals surface area (Å²) in [5.41, 5.74) is 1.24. The van der Waals surface area contributed by atoms with Crippen molar-refractivity contribution in [3.63, 3.8) is 0 Å². The average molecular weight is 482 g/mol. The van der Waals surface area contributed by atoms with Crippen molar-refractivity contribution in [2.75, 3.05) is 18.5 Å². The number of amides is 1. The molecule has 170 valence electrons. The standard InChI is InChI=1S/C23H23N5O3S2/c1-26(18-9-10-18)33(30,31)19-11-7-17(8-12-19)22(29)28(16-15-27-14-4-13-24-27)23-25-20-5-2-3-6-21(20)32-23/h2-8,11-14,18H,9-10,15-16H2,1H3. The normalized spacial score (nSPS) is 14.1. The molecule has 0 radical (unpaired) electrons. The minimum Gasteiger partial charge on any atom is -0.282 e. The number of carbonyl (C=O) groups is 1. The van der Waals surface area contributed by atoms with Crippen LogP contribution in [0.5, 0.6) is 0 Å². The van der Waals surface area contributed by atoms with Crippen LogP contribution < -0.4 is 4.90 Å². The van der Waals surface area contributed by atoms with Gasteiger partial charge in [-0.2, -0.15) is 9.40 Å². The third kappa shape index (κ3) is 4.41. The second-order valence-corrected chi connectivity index (χ2v) is 11.0. The molecule has 5 rings (SSSR count). The maximum Gasteiger partial charge on any atom is 0.260 e. The predicted molar refractivity (Wildman–Crippen MR) is 128 cm³/mol. The zero-order valence-electron chi connectivity index (χ0n) is 18.0. The Hall–Kier alpha value is -3.08. The van der Waals surface area contributed by atoms with Crippen molar-refractivity contribution in [2.24, 2.45) is 0 Å². The largest absolute Gasteiger partial charge is 0.282 e. The highest BCUT2D eigenvalue weighted by atomic mass is 32.2. The van der Waals surface area contributed by atoms with Crippen LogP contribution in [0, 0.1) is 0 Å². The molecule has 1 saturated carbocycles. The molecule has 1 aliphatic rings. The van der Waals surface area contributed by atoms with Gasteiger partial charge in [0.25, 0.3) is 5.91 Å². The van der Waals surface area contributed by atoms with Gasteiger partial charge < -0.3 is 0 Å². The lowest BCUT2D eigenvalue weighted by Gasteiger charge is -2.20. The summed E-state index contributed by atoms with van der Waals surface area (Å²) in [4.78, 5) is 20.0. The van der Waals surface area contributed by atoms with Gasteiger partial charge in [0, 0.05) is 37.6 Å². The molecule has 0 unspecified atom stereocenters. The van der Waals surface area contributed by atoms with Crippen molar-refractivity contribution in [3.05, 3.63) is 72.6 Å². The highest BCUT2D eigenvalue weighted by molar-refractivity contribution is 7.89. The molecule has 0 atom stereocenters. The van der Waals surface area contributed by atoms with Gasteiger partial charge in [0.05, 0.1) is 21.7 Å². The molecular formula is C23H23N5O3S2. The molecule has 2 aromatic carbocycles. The lowest BCUT2D eigenvalue weighted by atomic mass is 10.2. The molecule has 0 spiro atoms. The van der Waals surface area contributed by atoms with Crippen molar-refractivity contribution < 1.29 is 13.2 Å². The molecule has 4 aromatic rings. The topological polar surface area (TPSA) is 88.4 Å². The van der Waals surface area contributed by atoms with E-state index in [-0.39, 0.29) is 16.8 Å². The Labute approximate surface area is 196 Å². The van der Waals surface area contributed by atoms with Crippen LogP contribution in [0.3, 0.4) is 0 Å². The first-order valence-corrected chi connectivity index (χ1v) is 12.9. The number of sulfonamides is 1. The summed E-state index contributed by atoms with van der Waals surface area (Å²) in [6.07, 6.45) is 5.32. The van der Waals surface area contributed by atoms with E-state index in [1.807, 2.05) is 36.5 Å². The Bertz CT molecular complexity index is 1340. The van der Waals surface area contributed by atoms with Crippen LogP contribution in [0.4, 0.5) is 5.13 Å². The van der Waals surface area contributed by atoms with Gasteiger partial charge in [-0.25, -0.2) is 13.4 Å². The summed E-state index contributed by atoms with van der Waals surface area (Å²) >= 11 is 1.45. The van der Waals surface area contributed by atoms with Crippen LogP contribution in [-0.4, -0.2) is 53.0 Å². The number of fused-ring (bicyclic) bond motifs is 1. The van der Waals surface area contributed by atoms with Crippen molar-refractivity contribution in [1.29, 1.82) is 0 Å². The number of carbonyl (C=O) groups excluding carboxylic acids is 1. The van der Waals surface area contributed by atoms with E-state index in [9.17, 15) is 13.2 Å². The smallest absolute Gasteiger partial charge is 0.260 e. The van der Waals surface area contributed by atoms with E-state index >= 15 is 0 Å². The maximum atomic E-state index is 13.5. The third-order valence-electron chi connectivity index (χ3n) is 5.71. The predicted octanol–water partition coefficient (Wildman–Crippen LogP) is 3.62. The van der Waals surface area contributed by atoms with Crippen LogP contribution in [0.1, 0.15) is 23.2 Å². The molecule has 1 fully saturated rings. The minimum absolute atomic E-state index is 0.0770. The summed E-state index contributed by atoms with van der Waals surface area (Å²) < 4.78 is 29.8. The molecule has 8 nitrogen and oxygen atoms in total. The van der Waals surface area contributed by atoms with E-state index in [0.717, 1.165) is 23.1 Å². The second-order valence-electron chi connectivity index (χ2n) is 7.97.